The number of fused-ring (bicyclic) bond motifs is 4. The monoisotopic (exact) mass is 843 g/mol. The standard InChI is InChI=1S/C43H50ClN7O7S/c1-27-24-59(54,49-41(53)33-22-50(2)47-42(33)56-4)48-40(52)29-9-13-38-35(20-29)51(25-43(26-58-38)16-5-7-28-19-31(44)10-12-34(28)43)21-30-8-11-32(30)37(55-3)15-14-36(27)57-23-39-45-17-6-18-46-39/h6,9-10,12-15,17-20,22,27,30,32,36-37H,5,7-8,11,16,21,23-26H2,1-4H3,(H,48,49,52,53,54)/t27-,30+,32-,36+,37+,43+,59?/m1/s1. The van der Waals surface area contributed by atoms with Gasteiger partial charge in [-0.3, -0.25) is 19.0 Å². The number of aromatic nitrogens is 4. The molecule has 2 aliphatic carbocycles. The maximum atomic E-state index is 15.1. The van der Waals surface area contributed by atoms with Crippen LogP contribution in [0.4, 0.5) is 5.69 Å². The molecule has 1 unspecified atom stereocenters. The Bertz CT molecular complexity index is 2370. The number of rotatable bonds is 7. The number of nitrogens with one attached hydrogen (secondary N) is 1. The van der Waals surface area contributed by atoms with Gasteiger partial charge in [0.05, 0.1) is 37.4 Å². The van der Waals surface area contributed by atoms with Gasteiger partial charge in [-0.25, -0.2) is 14.2 Å². The normalized spacial score (nSPS) is 28.0. The summed E-state index contributed by atoms with van der Waals surface area (Å²) in [6.07, 6.45) is 12.7. The van der Waals surface area contributed by atoms with Gasteiger partial charge in [-0.15, -0.1) is 9.46 Å². The molecule has 2 aliphatic heterocycles. The van der Waals surface area contributed by atoms with Gasteiger partial charge in [-0.1, -0.05) is 36.7 Å². The number of aryl methyl sites for hydroxylation is 2. The van der Waals surface area contributed by atoms with Crippen LogP contribution in [0.3, 0.4) is 0 Å². The second kappa shape index (κ2) is 17.0. The van der Waals surface area contributed by atoms with Crippen LogP contribution in [0.1, 0.15) is 70.3 Å². The molecule has 16 heteroatoms. The smallest absolute Gasteiger partial charge is 0.286 e. The first-order valence-electron chi connectivity index (χ1n) is 20.0. The third-order valence-electron chi connectivity index (χ3n) is 12.2. The molecule has 2 aromatic heterocycles. The van der Waals surface area contributed by atoms with Gasteiger partial charge in [0, 0.05) is 67.8 Å². The molecule has 14 nitrogen and oxygen atoms in total. The third-order valence-corrected chi connectivity index (χ3v) is 14.4. The van der Waals surface area contributed by atoms with Crippen molar-refractivity contribution in [2.45, 2.75) is 63.3 Å². The summed E-state index contributed by atoms with van der Waals surface area (Å²) in [5.74, 6) is -0.581. The van der Waals surface area contributed by atoms with Crippen LogP contribution in [-0.4, -0.2) is 87.6 Å². The van der Waals surface area contributed by atoms with Crippen LogP contribution in [0.5, 0.6) is 11.6 Å². The largest absolute Gasteiger partial charge is 0.490 e. The third kappa shape index (κ3) is 8.61. The topological polar surface area (TPSA) is 159 Å². The van der Waals surface area contributed by atoms with Crippen molar-refractivity contribution in [1.82, 2.24) is 24.5 Å². The van der Waals surface area contributed by atoms with E-state index in [1.807, 2.05) is 25.1 Å². The van der Waals surface area contributed by atoms with E-state index >= 15 is 4.21 Å². The van der Waals surface area contributed by atoms with Crippen LogP contribution >= 0.6 is 11.6 Å². The van der Waals surface area contributed by atoms with Crippen LogP contribution in [-0.2, 0) is 44.9 Å². The molecule has 1 spiro atoms. The SMILES string of the molecule is COc1nn(C)cc1C(=O)NS1(=O)=NC(=O)c2ccc3c(c2)N(C[C@@H]2CC[C@H]2[C@@H](OC)C=C[C@H](OCc2ncccn2)[C@H](C)C1)C[C@@]1(CCCc2cc(Cl)ccc21)CO3. The number of hydrogen-bond donors (Lipinski definition) is 1. The Balaban J connectivity index is 1.22. The van der Waals surface area contributed by atoms with Gasteiger partial charge in [-0.05, 0) is 91.5 Å². The van der Waals surface area contributed by atoms with Crippen LogP contribution in [0.2, 0.25) is 5.02 Å². The second-order valence-electron chi connectivity index (χ2n) is 16.2. The predicted molar refractivity (Wildman–Crippen MR) is 223 cm³/mol. The van der Waals surface area contributed by atoms with Crippen LogP contribution in [0, 0.1) is 17.8 Å². The number of carbonyl (C=O) groups excluding carboxylic acids is 2. The summed E-state index contributed by atoms with van der Waals surface area (Å²) in [6, 6.07) is 13.1. The number of nitrogens with zero attached hydrogens (tertiary/aromatic N) is 6. The van der Waals surface area contributed by atoms with Gasteiger partial charge >= 0.3 is 0 Å². The van der Waals surface area contributed by atoms with Crippen molar-refractivity contribution < 1.29 is 32.7 Å². The molecule has 0 radical (unpaired) electrons. The quantitative estimate of drug-likeness (QED) is 0.213. The minimum absolute atomic E-state index is 0.0415. The summed E-state index contributed by atoms with van der Waals surface area (Å²) in [4.78, 5) is 39.2. The lowest BCUT2D eigenvalue weighted by atomic mass is 9.68. The van der Waals surface area contributed by atoms with Gasteiger partial charge in [0.15, 0.2) is 5.82 Å². The van der Waals surface area contributed by atoms with E-state index in [4.69, 9.17) is 30.5 Å². The molecule has 2 aromatic carbocycles. The first kappa shape index (κ1) is 40.9. The molecule has 1 N–H and O–H groups in total. The summed E-state index contributed by atoms with van der Waals surface area (Å²) in [5, 5.41) is 4.90. The Morgan fingerprint density at radius 2 is 1.92 bits per heavy atom. The van der Waals surface area contributed by atoms with Crippen LogP contribution in [0.15, 0.2) is 77.6 Å². The fourth-order valence-electron chi connectivity index (χ4n) is 9.10. The molecule has 8 rings (SSSR count). The van der Waals surface area contributed by atoms with Crippen molar-refractivity contribution in [2.75, 3.05) is 44.6 Å². The van der Waals surface area contributed by atoms with E-state index in [2.05, 4.69) is 41.2 Å². The molecule has 2 bridgehead atoms. The van der Waals surface area contributed by atoms with E-state index < -0.39 is 33.8 Å². The van der Waals surface area contributed by atoms with Gasteiger partial charge < -0.3 is 23.8 Å². The Morgan fingerprint density at radius 3 is 2.68 bits per heavy atom. The summed E-state index contributed by atoms with van der Waals surface area (Å²) >= 11 is 6.50. The lowest BCUT2D eigenvalue weighted by Crippen LogP contribution is -2.49. The molecular weight excluding hydrogens is 794 g/mol. The van der Waals surface area contributed by atoms with E-state index in [9.17, 15) is 9.59 Å². The van der Waals surface area contributed by atoms with Crippen molar-refractivity contribution >= 4 is 39.0 Å². The Labute approximate surface area is 349 Å². The minimum Gasteiger partial charge on any atom is -0.490 e. The molecule has 4 heterocycles. The lowest BCUT2D eigenvalue weighted by Gasteiger charge is -2.46. The average molecular weight is 844 g/mol. The van der Waals surface area contributed by atoms with E-state index in [1.165, 1.54) is 29.1 Å². The van der Waals surface area contributed by atoms with E-state index in [0.717, 1.165) is 37.8 Å². The second-order valence-corrected chi connectivity index (χ2v) is 18.6. The fraction of sp³-hybridized carbons (Fsp3) is 0.465. The zero-order chi connectivity index (χ0) is 41.3. The highest BCUT2D eigenvalue weighted by Gasteiger charge is 2.44. The molecule has 2 amide bonds. The average Bonchev–Trinajstić information content (AvgIpc) is 3.53. The predicted octanol–water partition coefficient (Wildman–Crippen LogP) is 6.13. The van der Waals surface area contributed by atoms with Crippen molar-refractivity contribution in [3.8, 4) is 11.6 Å². The fourth-order valence-corrected chi connectivity index (χ4v) is 11.2. The number of amides is 2. The maximum Gasteiger partial charge on any atom is 0.286 e. The number of anilines is 1. The number of halogens is 1. The molecule has 312 valence electrons. The summed E-state index contributed by atoms with van der Waals surface area (Å²) in [7, 11) is 0.931. The summed E-state index contributed by atoms with van der Waals surface area (Å²) < 4.78 is 48.1. The maximum absolute atomic E-state index is 15.1. The molecule has 59 heavy (non-hydrogen) atoms. The van der Waals surface area contributed by atoms with Gasteiger partial charge in [0.25, 0.3) is 11.8 Å². The molecular formula is C43H50ClN7O7S. The van der Waals surface area contributed by atoms with E-state index in [0.29, 0.717) is 36.3 Å². The summed E-state index contributed by atoms with van der Waals surface area (Å²) in [6.45, 7) is 3.75. The first-order valence-corrected chi connectivity index (χ1v) is 22.1. The molecule has 4 aromatic rings. The molecule has 1 saturated carbocycles. The Hall–Kier alpha value is -4.83. The highest BCUT2D eigenvalue weighted by atomic mass is 35.5. The number of hydrogen-bond acceptors (Lipinski definition) is 11. The highest BCUT2D eigenvalue weighted by Crippen LogP contribution is 2.47. The van der Waals surface area contributed by atoms with Crippen molar-refractivity contribution in [2.24, 2.45) is 29.2 Å². The molecule has 4 aliphatic rings. The molecule has 0 saturated heterocycles. The van der Waals surface area contributed by atoms with E-state index in [1.54, 1.807) is 50.8 Å². The van der Waals surface area contributed by atoms with E-state index in [-0.39, 0.29) is 52.7 Å². The Kier molecular flexibility index (Phi) is 11.8. The zero-order valence-electron chi connectivity index (χ0n) is 33.7. The number of methoxy groups -OCH3 is 2. The van der Waals surface area contributed by atoms with Crippen molar-refractivity contribution in [3.63, 3.8) is 0 Å². The minimum atomic E-state index is -3.82. The van der Waals surface area contributed by atoms with Gasteiger partial charge in [0.1, 0.15) is 27.8 Å². The number of ether oxygens (including phenoxy) is 4. The van der Waals surface area contributed by atoms with Crippen molar-refractivity contribution in [1.29, 1.82) is 0 Å². The highest BCUT2D eigenvalue weighted by molar-refractivity contribution is 7.92. The zero-order valence-corrected chi connectivity index (χ0v) is 35.3. The van der Waals surface area contributed by atoms with Crippen LogP contribution in [0.25, 0.3) is 0 Å². The van der Waals surface area contributed by atoms with Crippen LogP contribution < -0.4 is 19.1 Å². The lowest BCUT2D eigenvalue weighted by molar-refractivity contribution is 0.00971. The Morgan fingerprint density at radius 1 is 1.10 bits per heavy atom. The number of benzene rings is 2. The molecule has 7 atom stereocenters. The summed E-state index contributed by atoms with van der Waals surface area (Å²) in [5.41, 5.74) is 3.19. The van der Waals surface area contributed by atoms with Gasteiger partial charge in [0.2, 0.25) is 5.88 Å². The first-order chi connectivity index (χ1) is 28.5. The van der Waals surface area contributed by atoms with Crippen molar-refractivity contribution in [3.05, 3.63) is 106 Å². The number of carbonyl (C=O) groups is 2. The molecule has 1 fully saturated rings. The van der Waals surface area contributed by atoms with Gasteiger partial charge in [-0.2, -0.15) is 0 Å².